The van der Waals surface area contributed by atoms with Crippen LogP contribution in [0.5, 0.6) is 5.75 Å². The van der Waals surface area contributed by atoms with Gasteiger partial charge in [0.25, 0.3) is 5.91 Å². The fraction of sp³-hybridized carbons (Fsp3) is 0. The molecular weight excluding hydrogens is 490 g/mol. The summed E-state index contributed by atoms with van der Waals surface area (Å²) in [5.41, 5.74) is 2.56. The number of halogens is 2. The predicted molar refractivity (Wildman–Crippen MR) is 119 cm³/mol. The number of hydrogen-bond donors (Lipinski definition) is 1. The van der Waals surface area contributed by atoms with Gasteiger partial charge in [0.2, 0.25) is 5.75 Å². The molecule has 0 atom stereocenters. The molecule has 0 aliphatic heterocycles. The third-order valence-corrected chi connectivity index (χ3v) is 4.75. The van der Waals surface area contributed by atoms with Crippen LogP contribution in [0, 0.1) is 10.1 Å². The number of nitrogens with zero attached hydrogens (tertiary/aromatic N) is 2. The number of nitro benzene ring substituents is 1. The van der Waals surface area contributed by atoms with Crippen molar-refractivity contribution >= 4 is 51.3 Å². The number of nitrogens with one attached hydrogen (secondary N) is 1. The Balaban J connectivity index is 1.83. The lowest BCUT2D eigenvalue weighted by molar-refractivity contribution is -0.385. The molecule has 0 saturated heterocycles. The second kappa shape index (κ2) is 9.96. The molecule has 0 radical (unpaired) electrons. The van der Waals surface area contributed by atoms with Gasteiger partial charge in [0.1, 0.15) is 0 Å². The van der Waals surface area contributed by atoms with Crippen LogP contribution in [0.2, 0.25) is 5.02 Å². The molecule has 8 nitrogen and oxygen atoms in total. The van der Waals surface area contributed by atoms with Gasteiger partial charge in [0.05, 0.1) is 16.7 Å². The van der Waals surface area contributed by atoms with Crippen LogP contribution in [-0.2, 0) is 0 Å². The summed E-state index contributed by atoms with van der Waals surface area (Å²) in [5, 5.41) is 15.7. The predicted octanol–water partition coefficient (Wildman–Crippen LogP) is 4.99. The summed E-state index contributed by atoms with van der Waals surface area (Å²) >= 11 is 9.09. The summed E-state index contributed by atoms with van der Waals surface area (Å²) in [6.07, 6.45) is 1.16. The zero-order valence-electron chi connectivity index (χ0n) is 15.6. The number of carbonyl (C=O) groups is 2. The number of esters is 1. The molecule has 31 heavy (non-hydrogen) atoms. The molecule has 0 aromatic heterocycles. The zero-order chi connectivity index (χ0) is 22.4. The first-order valence-electron chi connectivity index (χ1n) is 8.69. The molecule has 0 aliphatic carbocycles. The van der Waals surface area contributed by atoms with E-state index in [-0.39, 0.29) is 16.9 Å². The molecule has 1 N–H and O–H groups in total. The smallest absolute Gasteiger partial charge is 0.343 e. The van der Waals surface area contributed by atoms with E-state index >= 15 is 0 Å². The fourth-order valence-electron chi connectivity index (χ4n) is 2.46. The Morgan fingerprint density at radius 1 is 1.03 bits per heavy atom. The Hall–Kier alpha value is -3.56. The monoisotopic (exact) mass is 501 g/mol. The van der Waals surface area contributed by atoms with Crippen molar-refractivity contribution in [3.63, 3.8) is 0 Å². The van der Waals surface area contributed by atoms with Crippen molar-refractivity contribution in [2.45, 2.75) is 0 Å². The summed E-state index contributed by atoms with van der Waals surface area (Å²) in [4.78, 5) is 35.3. The summed E-state index contributed by atoms with van der Waals surface area (Å²) in [6.45, 7) is 0. The number of hydrazone groups is 1. The van der Waals surface area contributed by atoms with E-state index in [1.807, 2.05) is 0 Å². The minimum absolute atomic E-state index is 0.132. The highest BCUT2D eigenvalue weighted by Gasteiger charge is 2.22. The molecule has 3 aromatic carbocycles. The lowest BCUT2D eigenvalue weighted by atomic mass is 10.2. The average molecular weight is 503 g/mol. The van der Waals surface area contributed by atoms with E-state index in [9.17, 15) is 19.7 Å². The topological polar surface area (TPSA) is 111 Å². The van der Waals surface area contributed by atoms with Crippen LogP contribution in [-0.4, -0.2) is 23.0 Å². The van der Waals surface area contributed by atoms with E-state index in [0.29, 0.717) is 10.6 Å². The summed E-state index contributed by atoms with van der Waals surface area (Å²) in [6, 6.07) is 16.5. The second-order valence-corrected chi connectivity index (χ2v) is 7.41. The molecule has 0 aliphatic rings. The van der Waals surface area contributed by atoms with Gasteiger partial charge in [-0.05, 0) is 54.6 Å². The molecule has 1 amide bonds. The van der Waals surface area contributed by atoms with Gasteiger partial charge in [-0.1, -0.05) is 33.6 Å². The van der Waals surface area contributed by atoms with Crippen LogP contribution in [0.15, 0.2) is 76.3 Å². The van der Waals surface area contributed by atoms with Crippen LogP contribution in [0.3, 0.4) is 0 Å². The summed E-state index contributed by atoms with van der Waals surface area (Å²) in [7, 11) is 0. The Labute approximate surface area is 189 Å². The fourth-order valence-corrected chi connectivity index (χ4v) is 2.85. The highest BCUT2D eigenvalue weighted by molar-refractivity contribution is 9.10. The van der Waals surface area contributed by atoms with Gasteiger partial charge in [-0.3, -0.25) is 14.9 Å². The number of hydrogen-bond acceptors (Lipinski definition) is 6. The van der Waals surface area contributed by atoms with Crippen molar-refractivity contribution < 1.29 is 19.2 Å². The number of para-hydroxylation sites is 1. The van der Waals surface area contributed by atoms with E-state index in [4.69, 9.17) is 16.3 Å². The molecular formula is C21H13BrClN3O5. The number of carbonyl (C=O) groups excluding carboxylic acids is 2. The molecule has 0 unspecified atom stereocenters. The molecule has 156 valence electrons. The first-order valence-corrected chi connectivity index (χ1v) is 9.86. The molecule has 3 aromatic rings. The Morgan fingerprint density at radius 3 is 2.32 bits per heavy atom. The van der Waals surface area contributed by atoms with Crippen molar-refractivity contribution in [2.24, 2.45) is 5.10 Å². The Morgan fingerprint density at radius 2 is 1.68 bits per heavy atom. The molecule has 3 rings (SSSR count). The molecule has 0 heterocycles. The van der Waals surface area contributed by atoms with Crippen molar-refractivity contribution in [3.8, 4) is 5.75 Å². The number of ether oxygens (including phenoxy) is 1. The quantitative estimate of drug-likeness (QED) is 0.168. The van der Waals surface area contributed by atoms with Gasteiger partial charge in [0.15, 0.2) is 0 Å². The van der Waals surface area contributed by atoms with Crippen LogP contribution >= 0.6 is 27.5 Å². The van der Waals surface area contributed by atoms with Crippen LogP contribution in [0.25, 0.3) is 0 Å². The van der Waals surface area contributed by atoms with E-state index < -0.39 is 22.5 Å². The minimum atomic E-state index is -0.806. The van der Waals surface area contributed by atoms with Crippen molar-refractivity contribution in [3.05, 3.63) is 103 Å². The van der Waals surface area contributed by atoms with Crippen molar-refractivity contribution in [2.75, 3.05) is 0 Å². The second-order valence-electron chi connectivity index (χ2n) is 6.06. The SMILES string of the molecule is O=C(N/N=C/c1cccc([N+](=O)[O-])c1OC(=O)c1ccc(Cl)cc1)c1ccc(Br)cc1. The maximum absolute atomic E-state index is 12.4. The molecule has 10 heteroatoms. The van der Waals surface area contributed by atoms with E-state index in [1.54, 1.807) is 24.3 Å². The standard InChI is InChI=1S/C21H13BrClN3O5/c22-16-8-4-13(5-9-16)20(27)25-24-12-15-2-1-3-18(26(29)30)19(15)31-21(28)14-6-10-17(23)11-7-14/h1-12H,(H,25,27)/b24-12+. The Bertz CT molecular complexity index is 1160. The van der Waals surface area contributed by atoms with Gasteiger partial charge in [0, 0.05) is 26.7 Å². The van der Waals surface area contributed by atoms with Crippen LogP contribution in [0.1, 0.15) is 26.3 Å². The maximum Gasteiger partial charge on any atom is 0.343 e. The third-order valence-electron chi connectivity index (χ3n) is 3.97. The third kappa shape index (κ3) is 5.74. The lowest BCUT2D eigenvalue weighted by Crippen LogP contribution is -2.17. The van der Waals surface area contributed by atoms with Gasteiger partial charge in [-0.2, -0.15) is 5.10 Å². The van der Waals surface area contributed by atoms with Crippen LogP contribution < -0.4 is 10.2 Å². The van der Waals surface area contributed by atoms with Gasteiger partial charge in [-0.25, -0.2) is 10.2 Å². The number of rotatable bonds is 6. The van der Waals surface area contributed by atoms with Crippen molar-refractivity contribution in [1.82, 2.24) is 5.43 Å². The lowest BCUT2D eigenvalue weighted by Gasteiger charge is -2.08. The number of amides is 1. The van der Waals surface area contributed by atoms with E-state index in [2.05, 4.69) is 26.5 Å². The normalized spacial score (nSPS) is 10.6. The molecule has 0 fully saturated rings. The van der Waals surface area contributed by atoms with Gasteiger partial charge in [-0.15, -0.1) is 0 Å². The molecule has 0 saturated carbocycles. The minimum Gasteiger partial charge on any atom is -0.415 e. The van der Waals surface area contributed by atoms with Crippen molar-refractivity contribution in [1.29, 1.82) is 0 Å². The highest BCUT2D eigenvalue weighted by atomic mass is 79.9. The molecule has 0 bridgehead atoms. The highest BCUT2D eigenvalue weighted by Crippen LogP contribution is 2.31. The first kappa shape index (κ1) is 22.1. The van der Waals surface area contributed by atoms with Gasteiger partial charge >= 0.3 is 11.7 Å². The maximum atomic E-state index is 12.4. The zero-order valence-corrected chi connectivity index (χ0v) is 18.0. The number of nitro groups is 1. The van der Waals surface area contributed by atoms with Gasteiger partial charge < -0.3 is 4.74 Å². The molecule has 0 spiro atoms. The van der Waals surface area contributed by atoms with E-state index in [0.717, 1.165) is 10.7 Å². The number of benzene rings is 3. The van der Waals surface area contributed by atoms with Crippen LogP contribution in [0.4, 0.5) is 5.69 Å². The van der Waals surface area contributed by atoms with E-state index in [1.165, 1.54) is 42.5 Å². The summed E-state index contributed by atoms with van der Waals surface area (Å²) in [5.74, 6) is -1.58. The average Bonchev–Trinajstić information content (AvgIpc) is 2.75. The largest absolute Gasteiger partial charge is 0.415 e. The summed E-state index contributed by atoms with van der Waals surface area (Å²) < 4.78 is 6.10. The first-order chi connectivity index (χ1) is 14.8. The Kier molecular flexibility index (Phi) is 7.11.